The second-order valence-electron chi connectivity index (χ2n) is 7.07. The van der Waals surface area contributed by atoms with Gasteiger partial charge in [0.1, 0.15) is 5.69 Å². The highest BCUT2D eigenvalue weighted by Crippen LogP contribution is 2.28. The predicted molar refractivity (Wildman–Crippen MR) is 91.2 cm³/mol. The van der Waals surface area contributed by atoms with Gasteiger partial charge < -0.3 is 10.4 Å². The van der Waals surface area contributed by atoms with Gasteiger partial charge in [0.05, 0.1) is 18.3 Å². The Morgan fingerprint density at radius 2 is 2.08 bits per heavy atom. The molecule has 0 unspecified atom stereocenters. The zero-order valence-electron chi connectivity index (χ0n) is 15.3. The number of nitrogens with one attached hydrogen (secondary N) is 1. The van der Waals surface area contributed by atoms with Crippen LogP contribution in [0.5, 0.6) is 0 Å². The first kappa shape index (κ1) is 20.3. The van der Waals surface area contributed by atoms with Gasteiger partial charge in [0.25, 0.3) is 12.3 Å². The third-order valence-corrected chi connectivity index (χ3v) is 4.58. The molecule has 1 saturated carbocycles. The third kappa shape index (κ3) is 4.78. The van der Waals surface area contributed by atoms with Crippen LogP contribution in [0.15, 0.2) is 6.20 Å². The fraction of sp³-hybridized carbons (Fsp3) is 0.706. The average molecular weight is 372 g/mol. The molecule has 0 saturated heterocycles. The van der Waals surface area contributed by atoms with Gasteiger partial charge in [-0.1, -0.05) is 20.8 Å². The van der Waals surface area contributed by atoms with Gasteiger partial charge in [0, 0.05) is 18.6 Å². The first-order valence-electron chi connectivity index (χ1n) is 8.83. The van der Waals surface area contributed by atoms with E-state index in [4.69, 9.17) is 5.11 Å². The van der Waals surface area contributed by atoms with Crippen molar-refractivity contribution in [3.8, 4) is 0 Å². The van der Waals surface area contributed by atoms with Gasteiger partial charge in [-0.15, -0.1) is 0 Å². The Morgan fingerprint density at radius 1 is 1.42 bits per heavy atom. The molecule has 0 spiro atoms. The van der Waals surface area contributed by atoms with E-state index in [1.165, 1.54) is 10.9 Å². The number of carboxylic acid groups (broad SMARTS) is 1. The second kappa shape index (κ2) is 8.57. The number of carbonyl (C=O) groups is 2. The number of rotatable bonds is 9. The number of hydrogen-bond acceptors (Lipinski definition) is 4. The van der Waals surface area contributed by atoms with Crippen LogP contribution >= 0.6 is 0 Å². The third-order valence-electron chi connectivity index (χ3n) is 4.58. The Morgan fingerprint density at radius 3 is 2.58 bits per heavy atom. The van der Waals surface area contributed by atoms with Crippen LogP contribution in [0, 0.1) is 5.92 Å². The molecule has 1 amide bonds. The highest BCUT2D eigenvalue weighted by atomic mass is 19.3. The van der Waals surface area contributed by atoms with Crippen molar-refractivity contribution in [1.82, 2.24) is 20.0 Å². The van der Waals surface area contributed by atoms with Crippen LogP contribution in [0.4, 0.5) is 8.78 Å². The van der Waals surface area contributed by atoms with E-state index >= 15 is 0 Å². The lowest BCUT2D eigenvalue weighted by atomic mass is 9.85. The minimum atomic E-state index is -2.78. The molecule has 1 aliphatic rings. The normalized spacial score (nSPS) is 19.8. The molecule has 26 heavy (non-hydrogen) atoms. The summed E-state index contributed by atoms with van der Waals surface area (Å²) in [6.07, 6.45) is -0.371. The number of alkyl halides is 2. The van der Waals surface area contributed by atoms with Gasteiger partial charge in [-0.05, 0) is 25.3 Å². The van der Waals surface area contributed by atoms with Crippen molar-refractivity contribution < 1.29 is 23.5 Å². The second-order valence-corrected chi connectivity index (χ2v) is 7.07. The maximum Gasteiger partial charge on any atom is 0.317 e. The van der Waals surface area contributed by atoms with Crippen LogP contribution in [0.2, 0.25) is 0 Å². The van der Waals surface area contributed by atoms with E-state index in [0.29, 0.717) is 25.9 Å². The quantitative estimate of drug-likeness (QED) is 0.693. The number of carboxylic acids is 1. The molecule has 2 rings (SSSR count). The molecule has 146 valence electrons. The molecule has 1 fully saturated rings. The maximum absolute atomic E-state index is 13.4. The number of nitrogens with zero attached hydrogens (tertiary/aromatic N) is 3. The van der Waals surface area contributed by atoms with Gasteiger partial charge in [-0.3, -0.25) is 19.2 Å². The number of halogens is 2. The van der Waals surface area contributed by atoms with Crippen LogP contribution in [0.25, 0.3) is 0 Å². The molecule has 0 atom stereocenters. The van der Waals surface area contributed by atoms with E-state index in [1.54, 1.807) is 0 Å². The zero-order valence-corrected chi connectivity index (χ0v) is 15.3. The molecule has 7 nitrogen and oxygen atoms in total. The van der Waals surface area contributed by atoms with E-state index in [9.17, 15) is 18.4 Å². The van der Waals surface area contributed by atoms with Crippen molar-refractivity contribution >= 4 is 11.9 Å². The largest absolute Gasteiger partial charge is 0.480 e. The van der Waals surface area contributed by atoms with Crippen LogP contribution in [-0.4, -0.2) is 56.8 Å². The molecule has 0 aliphatic heterocycles. The summed E-state index contributed by atoms with van der Waals surface area (Å²) < 4.78 is 28.0. The van der Waals surface area contributed by atoms with Crippen LogP contribution in [0.1, 0.15) is 56.1 Å². The molecule has 0 bridgehead atoms. The number of carbonyl (C=O) groups excluding carboxylic acids is 1. The van der Waals surface area contributed by atoms with Crippen molar-refractivity contribution in [3.63, 3.8) is 0 Å². The monoisotopic (exact) mass is 372 g/mol. The summed E-state index contributed by atoms with van der Waals surface area (Å²) in [6, 6.07) is -0.0612. The van der Waals surface area contributed by atoms with Gasteiger partial charge in [0.2, 0.25) is 0 Å². The maximum atomic E-state index is 13.4. The molecule has 0 aromatic carbocycles. The Kier molecular flexibility index (Phi) is 6.69. The molecule has 1 aliphatic carbocycles. The lowest BCUT2D eigenvalue weighted by molar-refractivity contribution is -0.139. The molecule has 0 radical (unpaired) electrons. The Hall–Kier alpha value is -2.03. The van der Waals surface area contributed by atoms with E-state index in [2.05, 4.69) is 10.4 Å². The smallest absolute Gasteiger partial charge is 0.317 e. The molecule has 2 N–H and O–H groups in total. The van der Waals surface area contributed by atoms with Crippen molar-refractivity contribution in [2.24, 2.45) is 5.92 Å². The summed E-state index contributed by atoms with van der Waals surface area (Å²) in [5, 5.41) is 15.6. The molecule has 1 aromatic heterocycles. The van der Waals surface area contributed by atoms with Gasteiger partial charge in [-0.25, -0.2) is 8.78 Å². The zero-order chi connectivity index (χ0) is 19.4. The number of aromatic nitrogens is 2. The Balaban J connectivity index is 1.97. The van der Waals surface area contributed by atoms with E-state index < -0.39 is 18.3 Å². The molecular formula is C17H26F2N4O3. The van der Waals surface area contributed by atoms with Crippen molar-refractivity contribution in [2.45, 2.75) is 58.7 Å². The number of amides is 1. The van der Waals surface area contributed by atoms with E-state index in [0.717, 1.165) is 0 Å². The molecule has 1 heterocycles. The standard InChI is InChI=1S/C17H26F2N4O3/c1-4-22(9-14(24)25)12-5-11(6-12)21-17(26)13-7-20-23(8-10(2)3)15(13)16(18)19/h7,10-12,16H,4-6,8-9H2,1-3H3,(H,21,26)(H,24,25). The first-order valence-corrected chi connectivity index (χ1v) is 8.83. The summed E-state index contributed by atoms with van der Waals surface area (Å²) in [4.78, 5) is 25.1. The highest BCUT2D eigenvalue weighted by molar-refractivity contribution is 5.95. The van der Waals surface area contributed by atoms with Crippen molar-refractivity contribution in [1.29, 1.82) is 0 Å². The highest BCUT2D eigenvalue weighted by Gasteiger charge is 2.36. The number of hydrogen-bond donors (Lipinski definition) is 2. The van der Waals surface area contributed by atoms with Crippen LogP contribution in [-0.2, 0) is 11.3 Å². The minimum absolute atomic E-state index is 0.0423. The van der Waals surface area contributed by atoms with Gasteiger partial charge in [0.15, 0.2) is 0 Å². The van der Waals surface area contributed by atoms with Crippen LogP contribution < -0.4 is 5.32 Å². The summed E-state index contributed by atoms with van der Waals surface area (Å²) in [6.45, 7) is 6.55. The van der Waals surface area contributed by atoms with Crippen molar-refractivity contribution in [2.75, 3.05) is 13.1 Å². The number of aliphatic carboxylic acids is 1. The molecular weight excluding hydrogens is 346 g/mol. The van der Waals surface area contributed by atoms with E-state index in [-0.39, 0.29) is 35.8 Å². The SMILES string of the molecule is CCN(CC(=O)O)C1CC(NC(=O)c2cnn(CC(C)C)c2C(F)F)C1. The Bertz CT molecular complexity index is 642. The lowest BCUT2D eigenvalue weighted by Crippen LogP contribution is -2.54. The number of likely N-dealkylation sites (N-methyl/N-ethyl adjacent to an activating group) is 1. The van der Waals surface area contributed by atoms with E-state index in [1.807, 2.05) is 25.7 Å². The molecule has 9 heteroatoms. The van der Waals surface area contributed by atoms with Gasteiger partial charge in [-0.2, -0.15) is 5.10 Å². The summed E-state index contributed by atoms with van der Waals surface area (Å²) in [5.74, 6) is -1.32. The topological polar surface area (TPSA) is 87.5 Å². The average Bonchev–Trinajstić information content (AvgIpc) is 2.91. The minimum Gasteiger partial charge on any atom is -0.480 e. The molecule has 1 aromatic rings. The summed E-state index contributed by atoms with van der Waals surface area (Å²) in [5.41, 5.74) is -0.449. The van der Waals surface area contributed by atoms with Crippen molar-refractivity contribution in [3.05, 3.63) is 17.5 Å². The van der Waals surface area contributed by atoms with Crippen LogP contribution in [0.3, 0.4) is 0 Å². The lowest BCUT2D eigenvalue weighted by Gasteiger charge is -2.42. The summed E-state index contributed by atoms with van der Waals surface area (Å²) in [7, 11) is 0. The fourth-order valence-electron chi connectivity index (χ4n) is 3.23. The summed E-state index contributed by atoms with van der Waals surface area (Å²) >= 11 is 0. The predicted octanol–water partition coefficient (Wildman–Crippen LogP) is 2.14. The van der Waals surface area contributed by atoms with Gasteiger partial charge >= 0.3 is 5.97 Å². The fourth-order valence-corrected chi connectivity index (χ4v) is 3.23. The Labute approximate surface area is 151 Å². The first-order chi connectivity index (χ1) is 12.2.